The number of carbonyl (C=O) groups is 1. The molecule has 0 aliphatic carbocycles. The summed E-state index contributed by atoms with van der Waals surface area (Å²) in [7, 11) is 0. The van der Waals surface area contributed by atoms with Gasteiger partial charge in [0.15, 0.2) is 0 Å². The fraction of sp³-hybridized carbons (Fsp3) is 0. The molecule has 3 aromatic heterocycles. The topological polar surface area (TPSA) is 60.2 Å². The molecule has 0 aliphatic rings. The monoisotopic (exact) mass is 382 g/mol. The number of carbonyl (C=O) groups excluding carboxylic acids is 1. The van der Waals surface area contributed by atoms with Gasteiger partial charge in [-0.15, -0.1) is 0 Å². The summed E-state index contributed by atoms with van der Waals surface area (Å²) in [5, 5.41) is 0.611. The number of hydrogen-bond donors (Lipinski definition) is 0. The van der Waals surface area contributed by atoms with Crippen LogP contribution in [0, 0.1) is 0 Å². The third-order valence-electron chi connectivity index (χ3n) is 4.38. The number of hydrogen-bond acceptors (Lipinski definition) is 5. The average molecular weight is 382 g/mol. The van der Waals surface area contributed by atoms with Crippen molar-refractivity contribution < 1.29 is 4.79 Å². The molecule has 6 heteroatoms. The summed E-state index contributed by atoms with van der Waals surface area (Å²) >= 11 is 1.13. The van der Waals surface area contributed by atoms with Gasteiger partial charge in [0, 0.05) is 11.8 Å². The molecule has 0 spiro atoms. The van der Waals surface area contributed by atoms with Gasteiger partial charge < -0.3 is 0 Å². The standard InChI is InChI=1S/C22H14N4OS/c27-21(17-12-7-8-14-23-17)28-20-19(15-9-3-1-4-10-15)25-22-24-16-11-5-2-6-13-18(16)26(20)22/h1-14H. The van der Waals surface area contributed by atoms with E-state index in [1.54, 1.807) is 18.3 Å². The van der Waals surface area contributed by atoms with Crippen LogP contribution in [0.4, 0.5) is 0 Å². The van der Waals surface area contributed by atoms with Crippen molar-refractivity contribution in [1.29, 1.82) is 0 Å². The third kappa shape index (κ3) is 2.84. The lowest BCUT2D eigenvalue weighted by molar-refractivity contribution is 0.108. The van der Waals surface area contributed by atoms with E-state index >= 15 is 0 Å². The molecule has 5 aromatic rings. The van der Waals surface area contributed by atoms with Crippen LogP contribution in [0.2, 0.25) is 0 Å². The van der Waals surface area contributed by atoms with E-state index in [4.69, 9.17) is 4.98 Å². The number of nitrogens with zero attached hydrogens (tertiary/aromatic N) is 4. The molecule has 134 valence electrons. The maximum atomic E-state index is 12.9. The number of thioether (sulfide) groups is 1. The zero-order valence-electron chi connectivity index (χ0n) is 14.7. The smallest absolute Gasteiger partial charge is 0.243 e. The van der Waals surface area contributed by atoms with Crippen molar-refractivity contribution in [2.45, 2.75) is 5.03 Å². The minimum absolute atomic E-state index is 0.130. The lowest BCUT2D eigenvalue weighted by Gasteiger charge is -2.04. The van der Waals surface area contributed by atoms with Crippen molar-refractivity contribution >= 4 is 33.7 Å². The predicted molar refractivity (Wildman–Crippen MR) is 110 cm³/mol. The van der Waals surface area contributed by atoms with Crippen LogP contribution in [-0.4, -0.2) is 24.5 Å². The molecule has 2 aromatic carbocycles. The van der Waals surface area contributed by atoms with Gasteiger partial charge in [0.05, 0.1) is 11.0 Å². The second kappa shape index (κ2) is 6.90. The van der Waals surface area contributed by atoms with Crippen LogP contribution in [0.1, 0.15) is 10.5 Å². The highest BCUT2D eigenvalue weighted by atomic mass is 32.2. The van der Waals surface area contributed by atoms with E-state index in [9.17, 15) is 4.79 Å². The zero-order valence-corrected chi connectivity index (χ0v) is 15.5. The summed E-state index contributed by atoms with van der Waals surface area (Å²) in [5.74, 6) is 0.580. The Labute approximate surface area is 165 Å². The highest BCUT2D eigenvalue weighted by Crippen LogP contribution is 2.35. The summed E-state index contributed by atoms with van der Waals surface area (Å²) in [6, 6.07) is 25.0. The van der Waals surface area contributed by atoms with Crippen molar-refractivity contribution in [2.75, 3.05) is 0 Å². The van der Waals surface area contributed by atoms with Crippen LogP contribution < -0.4 is 0 Å². The largest absolute Gasteiger partial charge is 0.279 e. The Hall–Kier alpha value is -3.51. The van der Waals surface area contributed by atoms with Crippen LogP contribution in [0.15, 0.2) is 90.1 Å². The molecule has 0 saturated carbocycles. The second-order valence-corrected chi connectivity index (χ2v) is 7.13. The lowest BCUT2D eigenvalue weighted by Crippen LogP contribution is -1.98. The van der Waals surface area contributed by atoms with Gasteiger partial charge >= 0.3 is 0 Å². The first kappa shape index (κ1) is 16.6. The lowest BCUT2D eigenvalue weighted by atomic mass is 10.2. The maximum Gasteiger partial charge on any atom is 0.243 e. The first-order valence-corrected chi connectivity index (χ1v) is 9.59. The van der Waals surface area contributed by atoms with Gasteiger partial charge in [-0.1, -0.05) is 54.6 Å². The van der Waals surface area contributed by atoms with Crippen molar-refractivity contribution in [1.82, 2.24) is 19.4 Å². The van der Waals surface area contributed by atoms with Gasteiger partial charge in [0.1, 0.15) is 16.4 Å². The van der Waals surface area contributed by atoms with Gasteiger partial charge in [0.25, 0.3) is 0 Å². The Morgan fingerprint density at radius 3 is 2.36 bits per heavy atom. The molecule has 0 fully saturated rings. The molecule has 3 heterocycles. The molecule has 0 unspecified atom stereocenters. The molecular weight excluding hydrogens is 368 g/mol. The quantitative estimate of drug-likeness (QED) is 0.416. The van der Waals surface area contributed by atoms with E-state index in [1.165, 1.54) is 0 Å². The number of benzene rings is 1. The maximum absolute atomic E-state index is 12.9. The van der Waals surface area contributed by atoms with Crippen molar-refractivity contribution in [3.63, 3.8) is 0 Å². The summed E-state index contributed by atoms with van der Waals surface area (Å²) in [5.41, 5.74) is 3.84. The molecule has 0 saturated heterocycles. The Morgan fingerprint density at radius 1 is 0.821 bits per heavy atom. The highest BCUT2D eigenvalue weighted by molar-refractivity contribution is 8.14. The minimum atomic E-state index is -0.130. The van der Waals surface area contributed by atoms with Gasteiger partial charge in [0.2, 0.25) is 10.9 Å². The molecule has 0 atom stereocenters. The van der Waals surface area contributed by atoms with Crippen LogP contribution in [0.5, 0.6) is 0 Å². The normalized spacial score (nSPS) is 11.1. The van der Waals surface area contributed by atoms with Crippen LogP contribution in [0.25, 0.3) is 28.1 Å². The van der Waals surface area contributed by atoms with Crippen molar-refractivity contribution in [2.24, 2.45) is 0 Å². The molecule has 5 nitrogen and oxygen atoms in total. The van der Waals surface area contributed by atoms with Crippen LogP contribution in [0.3, 0.4) is 0 Å². The third-order valence-corrected chi connectivity index (χ3v) is 5.35. The molecule has 0 radical (unpaired) electrons. The summed E-state index contributed by atoms with van der Waals surface area (Å²) in [6.45, 7) is 0. The predicted octanol–water partition coefficient (Wildman–Crippen LogP) is 4.88. The van der Waals surface area contributed by atoms with Gasteiger partial charge in [-0.2, -0.15) is 0 Å². The van der Waals surface area contributed by atoms with Crippen LogP contribution in [-0.2, 0) is 0 Å². The van der Waals surface area contributed by atoms with E-state index < -0.39 is 0 Å². The SMILES string of the molecule is O=C(Sc1c(-c2ccccc2)nc2nc3cccccc3n12)c1ccccn1. The summed E-state index contributed by atoms with van der Waals surface area (Å²) in [6.07, 6.45) is 1.62. The Morgan fingerprint density at radius 2 is 1.57 bits per heavy atom. The Kier molecular flexibility index (Phi) is 4.10. The number of imidazole rings is 2. The van der Waals surface area contributed by atoms with Gasteiger partial charge in [-0.25, -0.2) is 9.97 Å². The first-order chi connectivity index (χ1) is 13.8. The van der Waals surface area contributed by atoms with E-state index in [2.05, 4.69) is 9.97 Å². The molecule has 28 heavy (non-hydrogen) atoms. The Balaban J connectivity index is 1.75. The van der Waals surface area contributed by atoms with E-state index in [-0.39, 0.29) is 5.12 Å². The number of rotatable bonds is 3. The van der Waals surface area contributed by atoms with Gasteiger partial charge in [-0.3, -0.25) is 14.2 Å². The molecule has 0 bridgehead atoms. The number of aromatic nitrogens is 4. The van der Waals surface area contributed by atoms with Gasteiger partial charge in [-0.05, 0) is 36.0 Å². The minimum Gasteiger partial charge on any atom is -0.279 e. The first-order valence-electron chi connectivity index (χ1n) is 8.77. The molecule has 5 rings (SSSR count). The molecule has 0 aliphatic heterocycles. The highest BCUT2D eigenvalue weighted by Gasteiger charge is 2.22. The Bertz CT molecular complexity index is 1300. The summed E-state index contributed by atoms with van der Waals surface area (Å²) < 4.78 is 1.95. The van der Waals surface area contributed by atoms with Crippen LogP contribution >= 0.6 is 11.8 Å². The molecule has 0 N–H and O–H groups in total. The van der Waals surface area contributed by atoms with E-state index in [1.807, 2.05) is 71.1 Å². The van der Waals surface area contributed by atoms with Crippen molar-refractivity contribution in [3.8, 4) is 11.3 Å². The average Bonchev–Trinajstić information content (AvgIpc) is 3.16. The van der Waals surface area contributed by atoms with E-state index in [0.717, 1.165) is 39.1 Å². The second-order valence-electron chi connectivity index (χ2n) is 6.16. The number of fused-ring (bicyclic) bond motifs is 3. The zero-order chi connectivity index (χ0) is 18.9. The number of pyridine rings is 1. The van der Waals surface area contributed by atoms with E-state index in [0.29, 0.717) is 11.5 Å². The van der Waals surface area contributed by atoms with Crippen molar-refractivity contribution in [3.05, 3.63) is 90.8 Å². The molecular formula is C22H14N4OS. The summed E-state index contributed by atoms with van der Waals surface area (Å²) in [4.78, 5) is 26.5. The molecule has 0 amide bonds. The fourth-order valence-electron chi connectivity index (χ4n) is 3.11. The fourth-order valence-corrected chi connectivity index (χ4v) is 4.04.